The van der Waals surface area contributed by atoms with E-state index in [1.54, 1.807) is 18.7 Å². The number of rotatable bonds is 4. The molecule has 0 amide bonds. The molecule has 0 aliphatic rings. The number of aliphatic hydroxyl groups is 1. The first-order valence-corrected chi connectivity index (χ1v) is 5.72. The van der Waals surface area contributed by atoms with E-state index in [0.29, 0.717) is 0 Å². The highest BCUT2D eigenvalue weighted by atomic mass is 35.5. The van der Waals surface area contributed by atoms with Gasteiger partial charge in [-0.05, 0) is 18.6 Å². The SMILES string of the molecule is CC(O)CSCc1ccccc1Cl. The topological polar surface area (TPSA) is 20.2 Å². The van der Waals surface area contributed by atoms with Crippen LogP contribution in [-0.2, 0) is 5.75 Å². The molecule has 0 aliphatic carbocycles. The van der Waals surface area contributed by atoms with Crippen LogP contribution in [0.2, 0.25) is 5.02 Å². The summed E-state index contributed by atoms with van der Waals surface area (Å²) in [6.45, 7) is 1.79. The zero-order valence-corrected chi connectivity index (χ0v) is 9.11. The van der Waals surface area contributed by atoms with E-state index in [-0.39, 0.29) is 6.10 Å². The van der Waals surface area contributed by atoms with Gasteiger partial charge in [0, 0.05) is 16.5 Å². The minimum Gasteiger partial charge on any atom is -0.393 e. The van der Waals surface area contributed by atoms with E-state index in [4.69, 9.17) is 16.7 Å². The summed E-state index contributed by atoms with van der Waals surface area (Å²) in [5.74, 6) is 1.62. The molecule has 1 aromatic rings. The van der Waals surface area contributed by atoms with Crippen LogP contribution in [-0.4, -0.2) is 17.0 Å². The lowest BCUT2D eigenvalue weighted by Gasteiger charge is -2.05. The predicted octanol–water partition coefficient (Wildman–Crippen LogP) is 2.95. The molecule has 0 saturated heterocycles. The molecule has 0 aromatic heterocycles. The van der Waals surface area contributed by atoms with Crippen LogP contribution in [0.15, 0.2) is 24.3 Å². The number of thioether (sulfide) groups is 1. The standard InChI is InChI=1S/C10H13ClOS/c1-8(12)6-13-7-9-4-2-3-5-10(9)11/h2-5,8,12H,6-7H2,1H3. The van der Waals surface area contributed by atoms with Crippen molar-refractivity contribution in [2.75, 3.05) is 5.75 Å². The monoisotopic (exact) mass is 216 g/mol. The van der Waals surface area contributed by atoms with Gasteiger partial charge in [0.15, 0.2) is 0 Å². The maximum absolute atomic E-state index is 9.05. The smallest absolute Gasteiger partial charge is 0.0602 e. The van der Waals surface area contributed by atoms with Gasteiger partial charge in [-0.15, -0.1) is 0 Å². The van der Waals surface area contributed by atoms with Crippen LogP contribution in [0.1, 0.15) is 12.5 Å². The van der Waals surface area contributed by atoms with Crippen LogP contribution in [0.5, 0.6) is 0 Å². The van der Waals surface area contributed by atoms with Gasteiger partial charge in [0.1, 0.15) is 0 Å². The molecular formula is C10H13ClOS. The van der Waals surface area contributed by atoms with Gasteiger partial charge < -0.3 is 5.11 Å². The second-order valence-electron chi connectivity index (χ2n) is 2.96. The molecule has 1 aromatic carbocycles. The first-order chi connectivity index (χ1) is 6.20. The van der Waals surface area contributed by atoms with E-state index in [9.17, 15) is 0 Å². The van der Waals surface area contributed by atoms with Crippen molar-refractivity contribution in [1.29, 1.82) is 0 Å². The molecular weight excluding hydrogens is 204 g/mol. The summed E-state index contributed by atoms with van der Waals surface area (Å²) in [6, 6.07) is 7.80. The summed E-state index contributed by atoms with van der Waals surface area (Å²) >= 11 is 7.66. The second-order valence-corrected chi connectivity index (χ2v) is 4.39. The molecule has 1 unspecified atom stereocenters. The molecule has 1 nitrogen and oxygen atoms in total. The molecule has 0 saturated carbocycles. The van der Waals surface area contributed by atoms with Crippen molar-refractivity contribution in [2.45, 2.75) is 18.8 Å². The van der Waals surface area contributed by atoms with Gasteiger partial charge in [-0.3, -0.25) is 0 Å². The third-order valence-corrected chi connectivity index (χ3v) is 3.18. The summed E-state index contributed by atoms with van der Waals surface area (Å²) in [5.41, 5.74) is 1.13. The molecule has 72 valence electrons. The molecule has 0 radical (unpaired) electrons. The third-order valence-electron chi connectivity index (χ3n) is 1.57. The van der Waals surface area contributed by atoms with E-state index in [2.05, 4.69) is 0 Å². The first-order valence-electron chi connectivity index (χ1n) is 4.19. The van der Waals surface area contributed by atoms with Gasteiger partial charge in [0.05, 0.1) is 6.10 Å². The Balaban J connectivity index is 2.41. The molecule has 0 bridgehead atoms. The Labute approximate surface area is 88.1 Å². The summed E-state index contributed by atoms with van der Waals surface area (Å²) in [5, 5.41) is 9.85. The molecule has 1 N–H and O–H groups in total. The normalized spacial score (nSPS) is 12.8. The highest BCUT2D eigenvalue weighted by molar-refractivity contribution is 7.98. The van der Waals surface area contributed by atoms with Crippen LogP contribution in [0.25, 0.3) is 0 Å². The highest BCUT2D eigenvalue weighted by Gasteiger charge is 2.00. The maximum Gasteiger partial charge on any atom is 0.0602 e. The first kappa shape index (κ1) is 10.9. The van der Waals surface area contributed by atoms with Crippen molar-refractivity contribution >= 4 is 23.4 Å². The fourth-order valence-electron chi connectivity index (χ4n) is 0.955. The van der Waals surface area contributed by atoms with Gasteiger partial charge in [0.25, 0.3) is 0 Å². The third kappa shape index (κ3) is 4.03. The van der Waals surface area contributed by atoms with E-state index in [1.807, 2.05) is 24.3 Å². The maximum atomic E-state index is 9.05. The quantitative estimate of drug-likeness (QED) is 0.835. The Hall–Kier alpha value is -0.180. The minimum atomic E-state index is -0.243. The molecule has 3 heteroatoms. The number of benzene rings is 1. The number of aliphatic hydroxyl groups excluding tert-OH is 1. The van der Waals surface area contributed by atoms with Crippen molar-refractivity contribution in [3.8, 4) is 0 Å². The zero-order valence-electron chi connectivity index (χ0n) is 7.53. The molecule has 13 heavy (non-hydrogen) atoms. The van der Waals surface area contributed by atoms with Gasteiger partial charge >= 0.3 is 0 Å². The fourth-order valence-corrected chi connectivity index (χ4v) is 2.17. The van der Waals surface area contributed by atoms with Gasteiger partial charge in [-0.1, -0.05) is 29.8 Å². The Morgan fingerprint density at radius 3 is 2.77 bits per heavy atom. The van der Waals surface area contributed by atoms with Gasteiger partial charge in [-0.2, -0.15) is 11.8 Å². The molecule has 0 heterocycles. The Bertz CT molecular complexity index is 263. The fraction of sp³-hybridized carbons (Fsp3) is 0.400. The van der Waals surface area contributed by atoms with Crippen LogP contribution < -0.4 is 0 Å². The van der Waals surface area contributed by atoms with Gasteiger partial charge in [-0.25, -0.2) is 0 Å². The molecule has 0 fully saturated rings. The predicted molar refractivity (Wildman–Crippen MR) is 59.3 cm³/mol. The average Bonchev–Trinajstić information content (AvgIpc) is 2.08. The highest BCUT2D eigenvalue weighted by Crippen LogP contribution is 2.20. The lowest BCUT2D eigenvalue weighted by Crippen LogP contribution is -2.02. The Morgan fingerprint density at radius 2 is 2.15 bits per heavy atom. The summed E-state index contributed by atoms with van der Waals surface area (Å²) in [6.07, 6.45) is -0.243. The lowest BCUT2D eigenvalue weighted by molar-refractivity contribution is 0.220. The number of hydrogen-bond donors (Lipinski definition) is 1. The molecule has 1 rings (SSSR count). The van der Waals surface area contributed by atoms with Crippen molar-refractivity contribution in [3.63, 3.8) is 0 Å². The van der Waals surface area contributed by atoms with Crippen molar-refractivity contribution in [3.05, 3.63) is 34.9 Å². The number of halogens is 1. The Kier molecular flexibility index (Phi) is 4.64. The minimum absolute atomic E-state index is 0.243. The van der Waals surface area contributed by atoms with Crippen molar-refractivity contribution in [1.82, 2.24) is 0 Å². The van der Waals surface area contributed by atoms with E-state index in [1.165, 1.54) is 0 Å². The number of hydrogen-bond acceptors (Lipinski definition) is 2. The van der Waals surface area contributed by atoms with E-state index in [0.717, 1.165) is 22.1 Å². The van der Waals surface area contributed by atoms with E-state index >= 15 is 0 Å². The van der Waals surface area contributed by atoms with Crippen LogP contribution in [0.3, 0.4) is 0 Å². The van der Waals surface area contributed by atoms with Crippen LogP contribution >= 0.6 is 23.4 Å². The Morgan fingerprint density at radius 1 is 1.46 bits per heavy atom. The second kappa shape index (κ2) is 5.53. The summed E-state index contributed by atoms with van der Waals surface area (Å²) in [7, 11) is 0. The van der Waals surface area contributed by atoms with E-state index < -0.39 is 0 Å². The summed E-state index contributed by atoms with van der Waals surface area (Å²) in [4.78, 5) is 0. The molecule has 1 atom stereocenters. The van der Waals surface area contributed by atoms with Crippen molar-refractivity contribution < 1.29 is 5.11 Å². The largest absolute Gasteiger partial charge is 0.393 e. The summed E-state index contributed by atoms with van der Waals surface area (Å²) < 4.78 is 0. The van der Waals surface area contributed by atoms with Crippen LogP contribution in [0.4, 0.5) is 0 Å². The molecule has 0 aliphatic heterocycles. The lowest BCUT2D eigenvalue weighted by atomic mass is 10.2. The van der Waals surface area contributed by atoms with Crippen LogP contribution in [0, 0.1) is 0 Å². The average molecular weight is 217 g/mol. The molecule has 0 spiro atoms. The zero-order chi connectivity index (χ0) is 9.68. The van der Waals surface area contributed by atoms with Crippen molar-refractivity contribution in [2.24, 2.45) is 0 Å². The van der Waals surface area contributed by atoms with Gasteiger partial charge in [0.2, 0.25) is 0 Å².